The van der Waals surface area contributed by atoms with Gasteiger partial charge >= 0.3 is 0 Å². The lowest BCUT2D eigenvalue weighted by atomic mass is 10.1. The van der Waals surface area contributed by atoms with Crippen LogP contribution >= 0.6 is 0 Å². The van der Waals surface area contributed by atoms with Gasteiger partial charge in [-0.25, -0.2) is 18.5 Å². The first-order valence-corrected chi connectivity index (χ1v) is 9.95. The molecule has 1 aromatic heterocycles. The monoisotopic (exact) mass is 392 g/mol. The predicted octanol–water partition coefficient (Wildman–Crippen LogP) is 3.69. The Morgan fingerprint density at radius 2 is 1.61 bits per heavy atom. The van der Waals surface area contributed by atoms with Crippen LogP contribution in [0.1, 0.15) is 0 Å². The van der Waals surface area contributed by atoms with Crippen LogP contribution in [0.2, 0.25) is 0 Å². The third-order valence-corrected chi connectivity index (χ3v) is 5.13. The molecule has 0 aliphatic rings. The van der Waals surface area contributed by atoms with E-state index < -0.39 is 10.0 Å². The van der Waals surface area contributed by atoms with E-state index in [0.29, 0.717) is 27.8 Å². The van der Waals surface area contributed by atoms with Crippen molar-refractivity contribution in [2.24, 2.45) is 10.1 Å². The van der Waals surface area contributed by atoms with Gasteiger partial charge in [-0.05, 0) is 42.5 Å². The van der Waals surface area contributed by atoms with Crippen LogP contribution in [0.25, 0.3) is 22.3 Å². The van der Waals surface area contributed by atoms with E-state index in [1.807, 2.05) is 30.3 Å². The molecule has 7 heteroatoms. The Labute approximate surface area is 161 Å². The van der Waals surface area contributed by atoms with E-state index in [2.05, 4.69) is 4.99 Å². The minimum absolute atomic E-state index is 0.0157. The van der Waals surface area contributed by atoms with Crippen LogP contribution < -0.4 is 10.5 Å². The zero-order chi connectivity index (χ0) is 19.7. The molecule has 0 saturated heterocycles. The summed E-state index contributed by atoms with van der Waals surface area (Å²) >= 11 is 0. The summed E-state index contributed by atoms with van der Waals surface area (Å²) in [4.78, 5) is 4.63. The highest BCUT2D eigenvalue weighted by atomic mass is 32.2. The number of nitrogens with two attached hydrogens (primary N) is 1. The molecule has 0 aliphatic heterocycles. The summed E-state index contributed by atoms with van der Waals surface area (Å²) < 4.78 is 28.8. The number of benzene rings is 3. The van der Waals surface area contributed by atoms with E-state index in [-0.39, 0.29) is 10.6 Å². The Morgan fingerprint density at radius 3 is 2.29 bits per heavy atom. The zero-order valence-electron chi connectivity index (χ0n) is 14.6. The second-order valence-electron chi connectivity index (χ2n) is 6.19. The van der Waals surface area contributed by atoms with Crippen LogP contribution in [0.4, 0.5) is 5.69 Å². The summed E-state index contributed by atoms with van der Waals surface area (Å²) in [5.74, 6) is 0.717. The lowest BCUT2D eigenvalue weighted by molar-refractivity contribution is 0.475. The average Bonchev–Trinajstić information content (AvgIpc) is 2.68. The van der Waals surface area contributed by atoms with Gasteiger partial charge < -0.3 is 9.52 Å². The molecule has 0 unspecified atom stereocenters. The first kappa shape index (κ1) is 18.0. The van der Waals surface area contributed by atoms with Gasteiger partial charge in [0.2, 0.25) is 10.0 Å². The van der Waals surface area contributed by atoms with Crippen LogP contribution in [0.3, 0.4) is 0 Å². The van der Waals surface area contributed by atoms with Gasteiger partial charge in [0, 0.05) is 17.0 Å². The lowest BCUT2D eigenvalue weighted by Crippen LogP contribution is -2.11. The number of hydrogen-bond donors (Lipinski definition) is 2. The molecule has 0 aliphatic carbocycles. The van der Waals surface area contributed by atoms with Crippen molar-refractivity contribution in [3.05, 3.63) is 84.2 Å². The Balaban J connectivity index is 1.94. The normalized spacial score (nSPS) is 12.4. The largest absolute Gasteiger partial charge is 0.508 e. The smallest absolute Gasteiger partial charge is 0.238 e. The van der Waals surface area contributed by atoms with Crippen LogP contribution in [0.5, 0.6) is 5.75 Å². The topological polar surface area (TPSA) is 106 Å². The Hall–Kier alpha value is -3.42. The molecule has 0 bridgehead atoms. The van der Waals surface area contributed by atoms with E-state index >= 15 is 0 Å². The molecule has 0 saturated carbocycles. The van der Waals surface area contributed by atoms with Crippen molar-refractivity contribution < 1.29 is 17.9 Å². The van der Waals surface area contributed by atoms with Gasteiger partial charge in [-0.1, -0.05) is 30.3 Å². The minimum Gasteiger partial charge on any atom is -0.508 e. The molecule has 140 valence electrons. The summed E-state index contributed by atoms with van der Waals surface area (Å²) in [6.07, 6.45) is 0. The molecular weight excluding hydrogens is 376 g/mol. The number of nitrogens with zero attached hydrogens (tertiary/aromatic N) is 1. The lowest BCUT2D eigenvalue weighted by Gasteiger charge is -2.06. The third kappa shape index (κ3) is 3.66. The number of primary sulfonamides is 1. The average molecular weight is 392 g/mol. The second-order valence-corrected chi connectivity index (χ2v) is 7.75. The molecule has 0 amide bonds. The van der Waals surface area contributed by atoms with Gasteiger partial charge in [0.1, 0.15) is 17.1 Å². The molecule has 3 N–H and O–H groups in total. The SMILES string of the molecule is NS(=O)(=O)c1ccc(N=c2cc(-c3ccccc3)oc3ccc(O)cc23)cc1. The summed E-state index contributed by atoms with van der Waals surface area (Å²) in [7, 11) is -3.77. The molecule has 0 atom stereocenters. The van der Waals surface area contributed by atoms with Crippen molar-refractivity contribution in [2.75, 3.05) is 0 Å². The molecule has 6 nitrogen and oxygen atoms in total. The maximum absolute atomic E-state index is 11.4. The first-order chi connectivity index (χ1) is 13.4. The number of sulfonamides is 1. The fourth-order valence-corrected chi connectivity index (χ4v) is 3.36. The van der Waals surface area contributed by atoms with Crippen molar-refractivity contribution in [3.8, 4) is 17.1 Å². The standard InChI is InChI=1S/C21H16N2O4S/c22-28(25,26)17-9-6-15(7-10-17)23-19-13-21(14-4-2-1-3-5-14)27-20-11-8-16(24)12-18(19)20/h1-13,24H,(H2,22,25,26). The summed E-state index contributed by atoms with van der Waals surface area (Å²) in [6, 6.07) is 22.1. The summed E-state index contributed by atoms with van der Waals surface area (Å²) in [6.45, 7) is 0. The van der Waals surface area contributed by atoms with Crippen molar-refractivity contribution in [3.63, 3.8) is 0 Å². The molecule has 4 aromatic rings. The molecule has 3 aromatic carbocycles. The number of aromatic hydroxyl groups is 1. The van der Waals surface area contributed by atoms with Crippen molar-refractivity contribution in [1.82, 2.24) is 0 Å². The van der Waals surface area contributed by atoms with Crippen LogP contribution in [0.15, 0.2) is 93.2 Å². The van der Waals surface area contributed by atoms with Gasteiger partial charge in [0.05, 0.1) is 15.9 Å². The molecule has 0 spiro atoms. The number of fused-ring (bicyclic) bond motifs is 1. The maximum Gasteiger partial charge on any atom is 0.238 e. The van der Waals surface area contributed by atoms with E-state index in [1.165, 1.54) is 12.1 Å². The van der Waals surface area contributed by atoms with Crippen molar-refractivity contribution in [1.29, 1.82) is 0 Å². The highest BCUT2D eigenvalue weighted by Gasteiger charge is 2.08. The van der Waals surface area contributed by atoms with Crippen LogP contribution in [-0.2, 0) is 10.0 Å². The van der Waals surface area contributed by atoms with Gasteiger partial charge in [-0.15, -0.1) is 0 Å². The molecule has 1 heterocycles. The number of hydrogen-bond acceptors (Lipinski definition) is 5. The number of rotatable bonds is 3. The maximum atomic E-state index is 11.4. The summed E-state index contributed by atoms with van der Waals surface area (Å²) in [5, 5.41) is 16.2. The fourth-order valence-electron chi connectivity index (χ4n) is 2.84. The quantitative estimate of drug-likeness (QED) is 0.555. The Bertz CT molecular complexity index is 1330. The van der Waals surface area contributed by atoms with E-state index in [4.69, 9.17) is 9.56 Å². The van der Waals surface area contributed by atoms with E-state index in [0.717, 1.165) is 5.56 Å². The van der Waals surface area contributed by atoms with Crippen LogP contribution in [0, 0.1) is 0 Å². The second kappa shape index (κ2) is 6.95. The van der Waals surface area contributed by atoms with Gasteiger partial charge in [-0.3, -0.25) is 0 Å². The predicted molar refractivity (Wildman–Crippen MR) is 106 cm³/mol. The van der Waals surface area contributed by atoms with Crippen molar-refractivity contribution in [2.45, 2.75) is 4.90 Å². The molecule has 0 radical (unpaired) electrons. The number of phenolic OH excluding ortho intramolecular Hbond substituents is 1. The molecular formula is C21H16N2O4S. The summed E-state index contributed by atoms with van der Waals surface area (Å²) in [5.41, 5.74) is 2.00. The van der Waals surface area contributed by atoms with Crippen LogP contribution in [-0.4, -0.2) is 13.5 Å². The van der Waals surface area contributed by atoms with Gasteiger partial charge in [0.15, 0.2) is 0 Å². The van der Waals surface area contributed by atoms with E-state index in [1.54, 1.807) is 36.4 Å². The first-order valence-electron chi connectivity index (χ1n) is 8.40. The highest BCUT2D eigenvalue weighted by molar-refractivity contribution is 7.89. The Kier molecular flexibility index (Phi) is 4.46. The van der Waals surface area contributed by atoms with Gasteiger partial charge in [0.25, 0.3) is 0 Å². The third-order valence-electron chi connectivity index (χ3n) is 4.20. The fraction of sp³-hybridized carbons (Fsp3) is 0. The number of phenols is 1. The minimum atomic E-state index is -3.77. The van der Waals surface area contributed by atoms with Crippen molar-refractivity contribution >= 4 is 26.7 Å². The molecule has 28 heavy (non-hydrogen) atoms. The zero-order valence-corrected chi connectivity index (χ0v) is 15.4. The molecule has 0 fully saturated rings. The highest BCUT2D eigenvalue weighted by Crippen LogP contribution is 2.25. The molecule has 4 rings (SSSR count). The van der Waals surface area contributed by atoms with Gasteiger partial charge in [-0.2, -0.15) is 0 Å². The Morgan fingerprint density at radius 1 is 0.893 bits per heavy atom. The van der Waals surface area contributed by atoms with E-state index in [9.17, 15) is 13.5 Å².